The standard InChI is InChI=1S/C42H59FN6O6/c1-30-10-12-37(50)28-40(52)55-41(31(2)11-13-38(30)54-42(53)48-22-18-45(19-23-48)35-8-5-4-6-9-35)32(3)24-33-25-34(43)27-36(26-33)46-16-20-47(21-17-46)39(51)29-49-15-7-14-44-49/h7,11,13-15,24-27,30-31,35,37-38,41,50H,4-6,8-10,12,16-23,28-29H2,1-3H3/b13-11+,32-24+/t30-,31-,37+,38-,41-/m0/s1. The molecule has 1 aromatic heterocycles. The Morgan fingerprint density at radius 1 is 0.945 bits per heavy atom. The third-order valence-corrected chi connectivity index (χ3v) is 11.8. The number of carbonyl (C=O) groups is 3. The van der Waals surface area contributed by atoms with Gasteiger partial charge in [0.25, 0.3) is 0 Å². The van der Waals surface area contributed by atoms with E-state index in [-0.39, 0.29) is 36.8 Å². The van der Waals surface area contributed by atoms with Crippen molar-refractivity contribution in [1.82, 2.24) is 24.5 Å². The number of carbonyl (C=O) groups excluding carboxylic acids is 3. The average molecular weight is 763 g/mol. The molecule has 4 aliphatic rings. The first-order valence-corrected chi connectivity index (χ1v) is 20.3. The number of nitrogens with zero attached hydrogens (tertiary/aromatic N) is 6. The van der Waals surface area contributed by atoms with Gasteiger partial charge in [-0.2, -0.15) is 5.10 Å². The summed E-state index contributed by atoms with van der Waals surface area (Å²) in [7, 11) is 0. The Balaban J connectivity index is 1.12. The van der Waals surface area contributed by atoms with Gasteiger partial charge in [0.2, 0.25) is 5.91 Å². The van der Waals surface area contributed by atoms with Crippen molar-refractivity contribution in [2.75, 3.05) is 57.3 Å². The third-order valence-electron chi connectivity index (χ3n) is 11.8. The SMILES string of the molecule is C/C(=C\c1cc(F)cc(N2CCN(C(=O)Cn3cccn3)CC2)c1)[C@H]1OC(=O)C[C@H](O)CC[C@H](C)[C@@H](OC(=O)N2CCN(C3CCCCC3)CC2)/C=C/[C@@H]1C. The lowest BCUT2D eigenvalue weighted by molar-refractivity contribution is -0.151. The van der Waals surface area contributed by atoms with Crippen LogP contribution >= 0.6 is 0 Å². The maximum absolute atomic E-state index is 15.1. The maximum atomic E-state index is 15.1. The summed E-state index contributed by atoms with van der Waals surface area (Å²) in [6, 6.07) is 7.25. The van der Waals surface area contributed by atoms with Crippen molar-refractivity contribution in [1.29, 1.82) is 0 Å². The molecule has 12 nitrogen and oxygen atoms in total. The lowest BCUT2D eigenvalue weighted by atomic mass is 9.91. The maximum Gasteiger partial charge on any atom is 0.410 e. The summed E-state index contributed by atoms with van der Waals surface area (Å²) in [6.07, 6.45) is 13.8. The van der Waals surface area contributed by atoms with Crippen molar-refractivity contribution in [3.63, 3.8) is 0 Å². The Morgan fingerprint density at radius 2 is 1.67 bits per heavy atom. The van der Waals surface area contributed by atoms with Crippen molar-refractivity contribution >= 4 is 29.7 Å². The molecule has 1 aliphatic carbocycles. The number of ether oxygens (including phenoxy) is 2. The van der Waals surface area contributed by atoms with Crippen molar-refractivity contribution in [3.05, 3.63) is 65.8 Å². The van der Waals surface area contributed by atoms with Crippen molar-refractivity contribution in [2.45, 2.75) is 103 Å². The highest BCUT2D eigenvalue weighted by atomic mass is 19.1. The molecule has 5 atom stereocenters. The van der Waals surface area contributed by atoms with Crippen LogP contribution < -0.4 is 4.90 Å². The molecule has 6 rings (SSSR count). The highest BCUT2D eigenvalue weighted by Crippen LogP contribution is 2.28. The second kappa shape index (κ2) is 19.1. The fourth-order valence-corrected chi connectivity index (χ4v) is 8.41. The van der Waals surface area contributed by atoms with Crippen LogP contribution in [0.3, 0.4) is 0 Å². The highest BCUT2D eigenvalue weighted by Gasteiger charge is 2.31. The Labute approximate surface area is 324 Å². The normalized spacial score (nSPS) is 27.5. The molecule has 13 heteroatoms. The fourth-order valence-electron chi connectivity index (χ4n) is 8.41. The predicted octanol–water partition coefficient (Wildman–Crippen LogP) is 5.51. The number of aliphatic hydroxyl groups is 1. The van der Waals surface area contributed by atoms with Gasteiger partial charge in [0.1, 0.15) is 24.6 Å². The zero-order valence-corrected chi connectivity index (χ0v) is 32.7. The van der Waals surface area contributed by atoms with Gasteiger partial charge in [0.15, 0.2) is 0 Å². The monoisotopic (exact) mass is 762 g/mol. The minimum Gasteiger partial charge on any atom is -0.457 e. The van der Waals surface area contributed by atoms with E-state index in [2.05, 4.69) is 14.9 Å². The van der Waals surface area contributed by atoms with Crippen LogP contribution in [0.2, 0.25) is 0 Å². The van der Waals surface area contributed by atoms with Gasteiger partial charge in [-0.05, 0) is 80.0 Å². The molecule has 0 bridgehead atoms. The number of esters is 1. The van der Waals surface area contributed by atoms with Gasteiger partial charge in [0, 0.05) is 82.4 Å². The smallest absolute Gasteiger partial charge is 0.410 e. The van der Waals surface area contributed by atoms with Crippen LogP contribution in [-0.4, -0.2) is 124 Å². The molecular formula is C42H59FN6O6. The van der Waals surface area contributed by atoms with Crippen LogP contribution in [0.4, 0.5) is 14.9 Å². The lowest BCUT2D eigenvalue weighted by Gasteiger charge is -2.40. The van der Waals surface area contributed by atoms with E-state index < -0.39 is 30.1 Å². The van der Waals surface area contributed by atoms with Gasteiger partial charge in [-0.25, -0.2) is 9.18 Å². The molecule has 0 unspecified atom stereocenters. The van der Waals surface area contributed by atoms with E-state index in [0.29, 0.717) is 75.0 Å². The van der Waals surface area contributed by atoms with Gasteiger partial charge >= 0.3 is 12.1 Å². The molecule has 1 saturated carbocycles. The van der Waals surface area contributed by atoms with Crippen LogP contribution in [0.25, 0.3) is 6.08 Å². The topological polar surface area (TPSA) is 121 Å². The number of amides is 2. The molecular weight excluding hydrogens is 703 g/mol. The fraction of sp³-hybridized carbons (Fsp3) is 0.619. The second-order valence-electron chi connectivity index (χ2n) is 15.9. The molecule has 2 saturated heterocycles. The van der Waals surface area contributed by atoms with Gasteiger partial charge in [0.05, 0.1) is 12.5 Å². The number of aliphatic hydroxyl groups excluding tert-OH is 1. The zero-order valence-electron chi connectivity index (χ0n) is 32.7. The van der Waals surface area contributed by atoms with Crippen molar-refractivity contribution < 1.29 is 33.4 Å². The zero-order chi connectivity index (χ0) is 38.9. The Kier molecular flexibility index (Phi) is 14.0. The molecule has 3 fully saturated rings. The van der Waals surface area contributed by atoms with Gasteiger partial charge in [-0.15, -0.1) is 0 Å². The van der Waals surface area contributed by atoms with Gasteiger partial charge < -0.3 is 29.3 Å². The van der Waals surface area contributed by atoms with Gasteiger partial charge in [-0.1, -0.05) is 45.3 Å². The van der Waals surface area contributed by atoms with Crippen LogP contribution in [0.1, 0.15) is 77.7 Å². The molecule has 1 aromatic carbocycles. The van der Waals surface area contributed by atoms with E-state index in [9.17, 15) is 19.5 Å². The first-order chi connectivity index (χ1) is 26.5. The third kappa shape index (κ3) is 11.2. The summed E-state index contributed by atoms with van der Waals surface area (Å²) in [5.41, 5.74) is 2.03. The lowest BCUT2D eigenvalue weighted by Crippen LogP contribution is -2.52. The van der Waals surface area contributed by atoms with Crippen molar-refractivity contribution in [3.8, 4) is 0 Å². The number of anilines is 1. The molecule has 0 spiro atoms. The first-order valence-electron chi connectivity index (χ1n) is 20.3. The van der Waals surface area contributed by atoms with E-state index in [1.165, 1.54) is 44.2 Å². The van der Waals surface area contributed by atoms with Crippen LogP contribution in [0.15, 0.2) is 54.4 Å². The van der Waals surface area contributed by atoms with E-state index in [1.54, 1.807) is 32.9 Å². The van der Waals surface area contributed by atoms with E-state index in [1.807, 2.05) is 45.1 Å². The molecule has 2 aromatic rings. The second-order valence-corrected chi connectivity index (χ2v) is 15.9. The van der Waals surface area contributed by atoms with Crippen molar-refractivity contribution in [2.24, 2.45) is 11.8 Å². The molecule has 55 heavy (non-hydrogen) atoms. The number of cyclic esters (lactones) is 1. The van der Waals surface area contributed by atoms with Gasteiger partial charge in [-0.3, -0.25) is 19.2 Å². The minimum absolute atomic E-state index is 0.00819. The molecule has 2 amide bonds. The molecule has 0 radical (unpaired) electrons. The number of hydrogen-bond donors (Lipinski definition) is 1. The average Bonchev–Trinajstić information content (AvgIpc) is 3.70. The minimum atomic E-state index is -0.894. The summed E-state index contributed by atoms with van der Waals surface area (Å²) in [4.78, 5) is 47.5. The summed E-state index contributed by atoms with van der Waals surface area (Å²) >= 11 is 0. The Bertz CT molecular complexity index is 1650. The number of rotatable bonds is 7. The van der Waals surface area contributed by atoms with E-state index >= 15 is 4.39 Å². The predicted molar refractivity (Wildman–Crippen MR) is 209 cm³/mol. The number of aromatic nitrogens is 2. The number of halogens is 1. The molecule has 3 aliphatic heterocycles. The Morgan fingerprint density at radius 3 is 2.38 bits per heavy atom. The quantitative estimate of drug-likeness (QED) is 0.288. The van der Waals surface area contributed by atoms with Crippen LogP contribution in [0, 0.1) is 17.7 Å². The highest BCUT2D eigenvalue weighted by molar-refractivity contribution is 5.76. The van der Waals surface area contributed by atoms with E-state index in [4.69, 9.17) is 9.47 Å². The number of benzene rings is 1. The number of piperazine rings is 2. The molecule has 4 heterocycles. The number of hydrogen-bond acceptors (Lipinski definition) is 9. The summed E-state index contributed by atoms with van der Waals surface area (Å²) in [5, 5.41) is 14.9. The summed E-state index contributed by atoms with van der Waals surface area (Å²) < 4.78 is 28.9. The van der Waals surface area contributed by atoms with Crippen LogP contribution in [0.5, 0.6) is 0 Å². The molecule has 300 valence electrons. The summed E-state index contributed by atoms with van der Waals surface area (Å²) in [6.45, 7) is 11.1. The Hall–Kier alpha value is -4.23. The first kappa shape index (κ1) is 40.4. The van der Waals surface area contributed by atoms with Crippen LogP contribution in [-0.2, 0) is 25.6 Å². The largest absolute Gasteiger partial charge is 0.457 e. The molecule has 1 N–H and O–H groups in total. The summed E-state index contributed by atoms with van der Waals surface area (Å²) in [5.74, 6) is -1.31. The van der Waals surface area contributed by atoms with E-state index in [0.717, 1.165) is 13.1 Å².